The van der Waals surface area contributed by atoms with E-state index in [1.165, 1.54) is 16.8 Å². The molecule has 0 atom stereocenters. The van der Waals surface area contributed by atoms with E-state index in [0.29, 0.717) is 0 Å². The second-order valence-electron chi connectivity index (χ2n) is 6.85. The highest BCUT2D eigenvalue weighted by atomic mass is 15.0. The van der Waals surface area contributed by atoms with E-state index >= 15 is 0 Å². The highest BCUT2D eigenvalue weighted by Gasteiger charge is 2.17. The van der Waals surface area contributed by atoms with Crippen LogP contribution in [0.2, 0.25) is 0 Å². The lowest BCUT2D eigenvalue weighted by molar-refractivity contribution is 0.589. The summed E-state index contributed by atoms with van der Waals surface area (Å²) in [5.41, 5.74) is 4.44. The SMILES string of the molecule is CCc1cc(C(C)(C)C)ccc1NC(C)(C)C. The smallest absolute Gasteiger partial charge is 0.0376 e. The van der Waals surface area contributed by atoms with Crippen LogP contribution in [-0.2, 0) is 11.8 Å². The van der Waals surface area contributed by atoms with Gasteiger partial charge in [0, 0.05) is 11.2 Å². The Labute approximate surface area is 107 Å². The maximum absolute atomic E-state index is 3.58. The first-order chi connectivity index (χ1) is 7.63. The lowest BCUT2D eigenvalue weighted by atomic mass is 9.85. The number of anilines is 1. The van der Waals surface area contributed by atoms with E-state index < -0.39 is 0 Å². The Balaban J connectivity index is 3.10. The molecule has 0 radical (unpaired) electrons. The van der Waals surface area contributed by atoms with Gasteiger partial charge in [-0.05, 0) is 49.8 Å². The van der Waals surface area contributed by atoms with Crippen LogP contribution in [-0.4, -0.2) is 5.54 Å². The summed E-state index contributed by atoms with van der Waals surface area (Å²) in [4.78, 5) is 0. The number of hydrogen-bond acceptors (Lipinski definition) is 1. The molecule has 0 saturated carbocycles. The van der Waals surface area contributed by atoms with E-state index in [0.717, 1.165) is 6.42 Å². The Kier molecular flexibility index (Phi) is 3.91. The van der Waals surface area contributed by atoms with E-state index in [1.54, 1.807) is 0 Å². The third-order valence-electron chi connectivity index (χ3n) is 2.86. The van der Waals surface area contributed by atoms with Crippen molar-refractivity contribution in [2.45, 2.75) is 65.8 Å². The highest BCUT2D eigenvalue weighted by Crippen LogP contribution is 2.28. The zero-order chi connectivity index (χ0) is 13.3. The number of hydrogen-bond donors (Lipinski definition) is 1. The molecule has 1 heteroatoms. The third kappa shape index (κ3) is 4.07. The minimum absolute atomic E-state index is 0.118. The van der Waals surface area contributed by atoms with Crippen LogP contribution in [0.3, 0.4) is 0 Å². The molecule has 1 aromatic carbocycles. The fourth-order valence-corrected chi connectivity index (χ4v) is 1.88. The minimum atomic E-state index is 0.118. The first-order valence-electron chi connectivity index (χ1n) is 6.55. The summed E-state index contributed by atoms with van der Waals surface area (Å²) in [5.74, 6) is 0. The van der Waals surface area contributed by atoms with Crippen molar-refractivity contribution in [2.24, 2.45) is 0 Å². The topological polar surface area (TPSA) is 12.0 Å². The molecule has 0 aliphatic heterocycles. The summed E-state index contributed by atoms with van der Waals surface area (Å²) in [7, 11) is 0. The van der Waals surface area contributed by atoms with E-state index in [4.69, 9.17) is 0 Å². The molecule has 0 aliphatic carbocycles. The van der Waals surface area contributed by atoms with Crippen molar-refractivity contribution in [3.05, 3.63) is 29.3 Å². The van der Waals surface area contributed by atoms with Crippen molar-refractivity contribution in [1.82, 2.24) is 0 Å². The van der Waals surface area contributed by atoms with Gasteiger partial charge in [-0.15, -0.1) is 0 Å². The zero-order valence-electron chi connectivity index (χ0n) is 12.4. The highest BCUT2D eigenvalue weighted by molar-refractivity contribution is 5.55. The van der Waals surface area contributed by atoms with Crippen LogP contribution in [0, 0.1) is 0 Å². The predicted octanol–water partition coefficient (Wildman–Crippen LogP) is 4.76. The molecule has 0 spiro atoms. The Bertz CT molecular complexity index is 377. The average Bonchev–Trinajstić information content (AvgIpc) is 2.14. The van der Waals surface area contributed by atoms with Gasteiger partial charge in [0.25, 0.3) is 0 Å². The van der Waals surface area contributed by atoms with Crippen molar-refractivity contribution >= 4 is 5.69 Å². The van der Waals surface area contributed by atoms with Gasteiger partial charge in [-0.25, -0.2) is 0 Å². The van der Waals surface area contributed by atoms with Gasteiger partial charge in [0.15, 0.2) is 0 Å². The first kappa shape index (κ1) is 14.1. The summed E-state index contributed by atoms with van der Waals surface area (Å²) in [6.45, 7) is 15.6. The van der Waals surface area contributed by atoms with Crippen LogP contribution in [0.15, 0.2) is 18.2 Å². The zero-order valence-corrected chi connectivity index (χ0v) is 12.4. The molecule has 0 saturated heterocycles. The summed E-state index contributed by atoms with van der Waals surface area (Å²) in [6.07, 6.45) is 1.07. The van der Waals surface area contributed by atoms with Crippen LogP contribution in [0.5, 0.6) is 0 Å². The predicted molar refractivity (Wildman–Crippen MR) is 77.9 cm³/mol. The molecule has 0 bridgehead atoms. The molecule has 0 amide bonds. The Morgan fingerprint density at radius 1 is 1.00 bits per heavy atom. The monoisotopic (exact) mass is 233 g/mol. The Morgan fingerprint density at radius 3 is 2.00 bits per heavy atom. The molecule has 1 rings (SSSR count). The van der Waals surface area contributed by atoms with Gasteiger partial charge in [-0.3, -0.25) is 0 Å². The average molecular weight is 233 g/mol. The molecule has 0 unspecified atom stereocenters. The second kappa shape index (κ2) is 4.72. The Morgan fingerprint density at radius 2 is 1.59 bits per heavy atom. The molecule has 1 nitrogen and oxygen atoms in total. The maximum Gasteiger partial charge on any atom is 0.0376 e. The fraction of sp³-hybridized carbons (Fsp3) is 0.625. The molecule has 1 aromatic rings. The van der Waals surface area contributed by atoms with Crippen molar-refractivity contribution in [2.75, 3.05) is 5.32 Å². The Hall–Kier alpha value is -0.980. The lowest BCUT2D eigenvalue weighted by Gasteiger charge is -2.26. The second-order valence-corrected chi connectivity index (χ2v) is 6.85. The van der Waals surface area contributed by atoms with Crippen molar-refractivity contribution in [3.63, 3.8) is 0 Å². The van der Waals surface area contributed by atoms with E-state index in [9.17, 15) is 0 Å². The van der Waals surface area contributed by atoms with Crippen molar-refractivity contribution in [1.29, 1.82) is 0 Å². The molecule has 0 aliphatic rings. The molecular formula is C16H27N. The largest absolute Gasteiger partial charge is 0.380 e. The molecule has 0 heterocycles. The maximum atomic E-state index is 3.58. The summed E-state index contributed by atoms with van der Waals surface area (Å²) >= 11 is 0. The van der Waals surface area contributed by atoms with Gasteiger partial charge >= 0.3 is 0 Å². The van der Waals surface area contributed by atoms with Crippen molar-refractivity contribution in [3.8, 4) is 0 Å². The molecule has 17 heavy (non-hydrogen) atoms. The number of nitrogens with one attached hydrogen (secondary N) is 1. The van der Waals surface area contributed by atoms with Gasteiger partial charge in [-0.2, -0.15) is 0 Å². The normalized spacial score (nSPS) is 12.6. The fourth-order valence-electron chi connectivity index (χ4n) is 1.88. The van der Waals surface area contributed by atoms with Crippen molar-refractivity contribution < 1.29 is 0 Å². The van der Waals surface area contributed by atoms with Gasteiger partial charge in [0.05, 0.1) is 0 Å². The summed E-state index contributed by atoms with van der Waals surface area (Å²) in [5, 5.41) is 3.58. The standard InChI is InChI=1S/C16H27N/c1-8-12-11-13(15(2,3)4)9-10-14(12)17-16(5,6)7/h9-11,17H,8H2,1-7H3. The van der Waals surface area contributed by atoms with Gasteiger partial charge < -0.3 is 5.32 Å². The molecular weight excluding hydrogens is 206 g/mol. The molecule has 1 N–H and O–H groups in total. The van der Waals surface area contributed by atoms with E-state index in [1.807, 2.05) is 0 Å². The molecule has 0 fully saturated rings. The van der Waals surface area contributed by atoms with Crippen LogP contribution < -0.4 is 5.32 Å². The number of rotatable bonds is 2. The van der Waals surface area contributed by atoms with Gasteiger partial charge in [0.2, 0.25) is 0 Å². The summed E-state index contributed by atoms with van der Waals surface area (Å²) < 4.78 is 0. The quantitative estimate of drug-likeness (QED) is 0.776. The van der Waals surface area contributed by atoms with Crippen LogP contribution in [0.25, 0.3) is 0 Å². The van der Waals surface area contributed by atoms with Crippen LogP contribution >= 0.6 is 0 Å². The first-order valence-corrected chi connectivity index (χ1v) is 6.55. The minimum Gasteiger partial charge on any atom is -0.380 e. The van der Waals surface area contributed by atoms with E-state index in [-0.39, 0.29) is 11.0 Å². The lowest BCUT2D eigenvalue weighted by Crippen LogP contribution is -2.27. The summed E-state index contributed by atoms with van der Waals surface area (Å²) in [6, 6.07) is 6.81. The number of benzene rings is 1. The van der Waals surface area contributed by atoms with Gasteiger partial charge in [0.1, 0.15) is 0 Å². The molecule has 0 aromatic heterocycles. The molecule has 96 valence electrons. The number of aryl methyl sites for hydroxylation is 1. The van der Waals surface area contributed by atoms with Crippen LogP contribution in [0.4, 0.5) is 5.69 Å². The van der Waals surface area contributed by atoms with E-state index in [2.05, 4.69) is 72.0 Å². The van der Waals surface area contributed by atoms with Crippen LogP contribution in [0.1, 0.15) is 59.6 Å². The van der Waals surface area contributed by atoms with Gasteiger partial charge in [-0.1, -0.05) is 39.8 Å². The third-order valence-corrected chi connectivity index (χ3v) is 2.86.